The maximum Gasteiger partial charge on any atom is 0.129 e. The van der Waals surface area contributed by atoms with Gasteiger partial charge in [0.15, 0.2) is 0 Å². The van der Waals surface area contributed by atoms with Crippen LogP contribution in [-0.4, -0.2) is 39.2 Å². The van der Waals surface area contributed by atoms with Gasteiger partial charge in [0.2, 0.25) is 0 Å². The summed E-state index contributed by atoms with van der Waals surface area (Å²) >= 11 is 0. The fourth-order valence-electron chi connectivity index (χ4n) is 3.06. The third-order valence-corrected chi connectivity index (χ3v) is 5.49. The van der Waals surface area contributed by atoms with Gasteiger partial charge < -0.3 is 11.1 Å². The van der Waals surface area contributed by atoms with Crippen LogP contribution in [0.25, 0.3) is 0 Å². The summed E-state index contributed by atoms with van der Waals surface area (Å²) in [6.07, 6.45) is 0. The van der Waals surface area contributed by atoms with Gasteiger partial charge in [0, 0.05) is 44.0 Å². The molecule has 0 bridgehead atoms. The second kappa shape index (κ2) is 7.08. The Morgan fingerprint density at radius 2 is 1.65 bits per heavy atom. The Kier molecular flexibility index (Phi) is 5.56. The van der Waals surface area contributed by atoms with E-state index >= 15 is 0 Å². The Bertz CT molecular complexity index is 642. The van der Waals surface area contributed by atoms with E-state index in [0.29, 0.717) is 0 Å². The van der Waals surface area contributed by atoms with Crippen molar-refractivity contribution in [3.8, 4) is 11.5 Å². The maximum absolute atomic E-state index is 6.41. The van der Waals surface area contributed by atoms with E-state index in [1.54, 1.807) is 0 Å². The molecular weight excluding hydrogens is 298 g/mol. The zero-order chi connectivity index (χ0) is 17.2. The molecule has 0 radical (unpaired) electrons. The largest absolute Gasteiger partial charge is 0.398 e. The lowest BCUT2D eigenvalue weighted by Gasteiger charge is -2.29. The number of piperazine rings is 1. The van der Waals surface area contributed by atoms with Gasteiger partial charge in [0.05, 0.1) is 0 Å². The third-order valence-electron chi connectivity index (χ3n) is 4.62. The van der Waals surface area contributed by atoms with E-state index in [-0.39, 0.29) is 0 Å². The molecule has 1 aromatic carbocycles. The summed E-state index contributed by atoms with van der Waals surface area (Å²) in [6.45, 7) is 18.6. The molecule has 1 aliphatic rings. The molecular formula is C19H31N3Si. The summed E-state index contributed by atoms with van der Waals surface area (Å²) < 4.78 is 0. The molecule has 3 nitrogen and oxygen atoms in total. The molecule has 0 amide bonds. The molecule has 1 fully saturated rings. The Labute approximate surface area is 142 Å². The van der Waals surface area contributed by atoms with Crippen molar-refractivity contribution >= 4 is 13.8 Å². The molecule has 4 heteroatoms. The minimum absolute atomic E-state index is 0.917. The molecule has 0 atom stereocenters. The molecule has 23 heavy (non-hydrogen) atoms. The predicted molar refractivity (Wildman–Crippen MR) is 103 cm³/mol. The quantitative estimate of drug-likeness (QED) is 0.498. The molecule has 0 aromatic heterocycles. The third kappa shape index (κ3) is 4.38. The van der Waals surface area contributed by atoms with Gasteiger partial charge in [-0.2, -0.15) is 0 Å². The van der Waals surface area contributed by atoms with Crippen LogP contribution in [0.1, 0.15) is 27.8 Å². The van der Waals surface area contributed by atoms with E-state index in [2.05, 4.69) is 62.1 Å². The first kappa shape index (κ1) is 18.1. The monoisotopic (exact) mass is 329 g/mol. The molecule has 1 aromatic rings. The Morgan fingerprint density at radius 1 is 1.04 bits per heavy atom. The van der Waals surface area contributed by atoms with Crippen LogP contribution in [0.15, 0.2) is 0 Å². The number of hydrogen-bond acceptors (Lipinski definition) is 3. The number of rotatable bonds is 2. The fourth-order valence-corrected chi connectivity index (χ4v) is 3.56. The minimum Gasteiger partial charge on any atom is -0.398 e. The van der Waals surface area contributed by atoms with E-state index in [9.17, 15) is 0 Å². The van der Waals surface area contributed by atoms with E-state index in [0.717, 1.165) is 49.5 Å². The first-order valence-electron chi connectivity index (χ1n) is 8.55. The molecule has 1 aliphatic heterocycles. The molecule has 3 N–H and O–H groups in total. The highest BCUT2D eigenvalue weighted by molar-refractivity contribution is 6.83. The van der Waals surface area contributed by atoms with Crippen LogP contribution >= 0.6 is 0 Å². The van der Waals surface area contributed by atoms with Gasteiger partial charge in [-0.25, -0.2) is 0 Å². The van der Waals surface area contributed by atoms with Crippen LogP contribution in [0, 0.1) is 32.2 Å². The average molecular weight is 330 g/mol. The number of hydrogen-bond donors (Lipinski definition) is 2. The molecule has 1 saturated heterocycles. The second-order valence-corrected chi connectivity index (χ2v) is 12.4. The lowest BCUT2D eigenvalue weighted by molar-refractivity contribution is 0.232. The molecule has 2 rings (SSSR count). The van der Waals surface area contributed by atoms with Gasteiger partial charge >= 0.3 is 0 Å². The van der Waals surface area contributed by atoms with E-state index in [1.807, 2.05) is 0 Å². The van der Waals surface area contributed by atoms with Crippen molar-refractivity contribution in [2.75, 3.05) is 31.9 Å². The number of nitrogens with zero attached hydrogens (tertiary/aromatic N) is 1. The average Bonchev–Trinajstić information content (AvgIpc) is 2.49. The maximum atomic E-state index is 6.41. The van der Waals surface area contributed by atoms with Gasteiger partial charge in [-0.15, -0.1) is 5.54 Å². The lowest BCUT2D eigenvalue weighted by Crippen LogP contribution is -2.43. The van der Waals surface area contributed by atoms with E-state index in [1.165, 1.54) is 16.7 Å². The standard InChI is InChI=1S/C19H31N3Si/c1-14-17(7-12-23(4,5)6)15(2)19(20)16(3)18(14)13-22-10-8-21-9-11-22/h21H,8-11,13,20H2,1-6H3. The van der Waals surface area contributed by atoms with Crippen molar-refractivity contribution in [1.82, 2.24) is 10.2 Å². The van der Waals surface area contributed by atoms with Crippen LogP contribution in [0.5, 0.6) is 0 Å². The van der Waals surface area contributed by atoms with Crippen molar-refractivity contribution in [2.24, 2.45) is 0 Å². The number of anilines is 1. The van der Waals surface area contributed by atoms with Crippen molar-refractivity contribution in [2.45, 2.75) is 47.0 Å². The SMILES string of the molecule is Cc1c(N)c(C)c(CN2CCNCC2)c(C)c1C#C[Si](C)(C)C. The highest BCUT2D eigenvalue weighted by Gasteiger charge is 2.18. The van der Waals surface area contributed by atoms with Gasteiger partial charge in [-0.1, -0.05) is 25.6 Å². The summed E-state index contributed by atoms with van der Waals surface area (Å²) in [6, 6.07) is 0. The molecule has 1 heterocycles. The van der Waals surface area contributed by atoms with Crippen LogP contribution in [0.4, 0.5) is 5.69 Å². The van der Waals surface area contributed by atoms with Gasteiger partial charge in [-0.05, 0) is 43.0 Å². The summed E-state index contributed by atoms with van der Waals surface area (Å²) in [5, 5.41) is 3.41. The summed E-state index contributed by atoms with van der Waals surface area (Å²) in [7, 11) is -1.40. The zero-order valence-corrected chi connectivity index (χ0v) is 16.6. The van der Waals surface area contributed by atoms with Gasteiger partial charge in [-0.3, -0.25) is 4.90 Å². The molecule has 0 saturated carbocycles. The number of benzene rings is 1. The highest BCUT2D eigenvalue weighted by atomic mass is 28.3. The number of nitrogen functional groups attached to an aromatic ring is 1. The molecule has 0 unspecified atom stereocenters. The van der Waals surface area contributed by atoms with Gasteiger partial charge in [0.1, 0.15) is 8.07 Å². The Balaban J connectivity index is 2.45. The topological polar surface area (TPSA) is 41.3 Å². The minimum atomic E-state index is -1.40. The first-order valence-corrected chi connectivity index (χ1v) is 12.0. The van der Waals surface area contributed by atoms with Crippen LogP contribution in [-0.2, 0) is 6.54 Å². The second-order valence-electron chi connectivity index (χ2n) is 7.67. The Hall–Kier alpha value is -1.28. The summed E-state index contributed by atoms with van der Waals surface area (Å²) in [5.74, 6) is 3.47. The van der Waals surface area contributed by atoms with Gasteiger partial charge in [0.25, 0.3) is 0 Å². The van der Waals surface area contributed by atoms with Crippen LogP contribution < -0.4 is 11.1 Å². The number of nitrogens with two attached hydrogens (primary N) is 1. The zero-order valence-electron chi connectivity index (χ0n) is 15.6. The highest BCUT2D eigenvalue weighted by Crippen LogP contribution is 2.29. The Morgan fingerprint density at radius 3 is 2.22 bits per heavy atom. The molecule has 126 valence electrons. The van der Waals surface area contributed by atoms with E-state index in [4.69, 9.17) is 5.73 Å². The molecule has 0 spiro atoms. The molecule has 0 aliphatic carbocycles. The normalized spacial score (nSPS) is 16.1. The van der Waals surface area contributed by atoms with Crippen molar-refractivity contribution in [3.63, 3.8) is 0 Å². The van der Waals surface area contributed by atoms with Crippen molar-refractivity contribution in [3.05, 3.63) is 27.8 Å². The first-order chi connectivity index (χ1) is 10.7. The summed E-state index contributed by atoms with van der Waals surface area (Å²) in [4.78, 5) is 2.51. The van der Waals surface area contributed by atoms with E-state index < -0.39 is 8.07 Å². The lowest BCUT2D eigenvalue weighted by atomic mass is 9.91. The smallest absolute Gasteiger partial charge is 0.129 e. The van der Waals surface area contributed by atoms with Crippen molar-refractivity contribution in [1.29, 1.82) is 0 Å². The van der Waals surface area contributed by atoms with Crippen molar-refractivity contribution < 1.29 is 0 Å². The van der Waals surface area contributed by atoms with Crippen LogP contribution in [0.3, 0.4) is 0 Å². The van der Waals surface area contributed by atoms with Crippen LogP contribution in [0.2, 0.25) is 19.6 Å². The number of nitrogens with one attached hydrogen (secondary N) is 1. The fraction of sp³-hybridized carbons (Fsp3) is 0.579. The summed E-state index contributed by atoms with van der Waals surface area (Å²) in [5.41, 5.74) is 17.1. The predicted octanol–water partition coefficient (Wildman–Crippen LogP) is 2.83.